The summed E-state index contributed by atoms with van der Waals surface area (Å²) in [6, 6.07) is 7.48. The molecule has 108 valence electrons. The van der Waals surface area contributed by atoms with Crippen molar-refractivity contribution in [3.05, 3.63) is 35.4 Å². The Balaban J connectivity index is 1.69. The molecule has 1 atom stereocenters. The number of rotatable bonds is 7. The fourth-order valence-corrected chi connectivity index (χ4v) is 2.12. The van der Waals surface area contributed by atoms with Gasteiger partial charge in [0.05, 0.1) is 0 Å². The van der Waals surface area contributed by atoms with Gasteiger partial charge in [-0.25, -0.2) is 0 Å². The predicted octanol–water partition coefficient (Wildman–Crippen LogP) is 1.81. The number of carbonyl (C=O) groups is 2. The summed E-state index contributed by atoms with van der Waals surface area (Å²) in [7, 11) is 0. The second kappa shape index (κ2) is 6.66. The largest absolute Gasteiger partial charge is 0.355 e. The van der Waals surface area contributed by atoms with E-state index in [1.807, 2.05) is 19.1 Å². The minimum atomic E-state index is -0.0958. The van der Waals surface area contributed by atoms with Gasteiger partial charge in [-0.3, -0.25) is 9.59 Å². The molecule has 2 rings (SSSR count). The van der Waals surface area contributed by atoms with Gasteiger partial charge in [0.2, 0.25) is 5.91 Å². The van der Waals surface area contributed by atoms with Crippen LogP contribution in [0.3, 0.4) is 0 Å². The van der Waals surface area contributed by atoms with Crippen LogP contribution in [0.4, 0.5) is 0 Å². The molecule has 0 spiro atoms. The number of nitrogens with one attached hydrogen (secondary N) is 1. The number of benzene rings is 1. The van der Waals surface area contributed by atoms with E-state index in [4.69, 9.17) is 5.73 Å². The van der Waals surface area contributed by atoms with Crippen molar-refractivity contribution in [2.75, 3.05) is 6.54 Å². The van der Waals surface area contributed by atoms with Gasteiger partial charge in [-0.05, 0) is 25.7 Å². The molecule has 4 heteroatoms. The molecule has 1 fully saturated rings. The molecule has 1 aromatic carbocycles. The molecule has 1 amide bonds. The summed E-state index contributed by atoms with van der Waals surface area (Å²) in [5.41, 5.74) is 7.69. The van der Waals surface area contributed by atoms with Gasteiger partial charge in [0.15, 0.2) is 5.78 Å². The van der Waals surface area contributed by atoms with Gasteiger partial charge in [-0.2, -0.15) is 0 Å². The van der Waals surface area contributed by atoms with Gasteiger partial charge in [-0.1, -0.05) is 29.8 Å². The van der Waals surface area contributed by atoms with Crippen molar-refractivity contribution in [1.29, 1.82) is 0 Å². The van der Waals surface area contributed by atoms with Gasteiger partial charge in [0.25, 0.3) is 0 Å². The molecule has 0 saturated heterocycles. The molecule has 1 aromatic rings. The van der Waals surface area contributed by atoms with Gasteiger partial charge in [-0.15, -0.1) is 0 Å². The van der Waals surface area contributed by atoms with Crippen LogP contribution in [0.25, 0.3) is 0 Å². The van der Waals surface area contributed by atoms with Gasteiger partial charge in [0, 0.05) is 31.0 Å². The van der Waals surface area contributed by atoms with E-state index in [0.29, 0.717) is 18.0 Å². The highest BCUT2D eigenvalue weighted by atomic mass is 16.2. The molecule has 20 heavy (non-hydrogen) atoms. The Morgan fingerprint density at radius 1 is 1.25 bits per heavy atom. The maximum absolute atomic E-state index is 11.9. The van der Waals surface area contributed by atoms with Crippen molar-refractivity contribution in [3.8, 4) is 0 Å². The van der Waals surface area contributed by atoms with Gasteiger partial charge < -0.3 is 11.1 Å². The second-order valence-electron chi connectivity index (χ2n) is 5.59. The predicted molar refractivity (Wildman–Crippen MR) is 78.5 cm³/mol. The topological polar surface area (TPSA) is 72.2 Å². The van der Waals surface area contributed by atoms with Crippen LogP contribution in [-0.4, -0.2) is 24.3 Å². The van der Waals surface area contributed by atoms with E-state index >= 15 is 0 Å². The van der Waals surface area contributed by atoms with Crippen molar-refractivity contribution in [1.82, 2.24) is 5.32 Å². The number of hydrogen-bond acceptors (Lipinski definition) is 3. The van der Waals surface area contributed by atoms with Crippen LogP contribution >= 0.6 is 0 Å². The zero-order valence-electron chi connectivity index (χ0n) is 11.9. The molecule has 1 unspecified atom stereocenters. The van der Waals surface area contributed by atoms with Gasteiger partial charge in [0.1, 0.15) is 0 Å². The summed E-state index contributed by atoms with van der Waals surface area (Å²) in [6.07, 6.45) is 2.81. The lowest BCUT2D eigenvalue weighted by molar-refractivity contribution is -0.121. The zero-order chi connectivity index (χ0) is 14.5. The maximum atomic E-state index is 11.9. The molecule has 0 radical (unpaired) electrons. The van der Waals surface area contributed by atoms with E-state index in [1.54, 1.807) is 12.1 Å². The third-order valence-electron chi connectivity index (χ3n) is 3.72. The van der Waals surface area contributed by atoms with Crippen LogP contribution in [0.5, 0.6) is 0 Å². The minimum absolute atomic E-state index is 0.00615. The monoisotopic (exact) mass is 274 g/mol. The number of hydrogen-bond donors (Lipinski definition) is 2. The lowest BCUT2D eigenvalue weighted by Crippen LogP contribution is -2.38. The first-order valence-electron chi connectivity index (χ1n) is 7.18. The van der Waals surface area contributed by atoms with Crippen molar-refractivity contribution >= 4 is 11.7 Å². The average Bonchev–Trinajstić information content (AvgIpc) is 3.27. The third kappa shape index (κ3) is 4.46. The molecule has 1 aliphatic rings. The zero-order valence-corrected chi connectivity index (χ0v) is 11.9. The number of nitrogens with two attached hydrogens (primary N) is 1. The third-order valence-corrected chi connectivity index (χ3v) is 3.72. The van der Waals surface area contributed by atoms with E-state index in [2.05, 4.69) is 5.32 Å². The number of Topliss-reactive ketones (excluding diaryl/α,β-unsaturated/α-hetero) is 1. The summed E-state index contributed by atoms with van der Waals surface area (Å²) in [4.78, 5) is 23.6. The number of carbonyl (C=O) groups excluding carboxylic acids is 2. The highest BCUT2D eigenvalue weighted by Gasteiger charge is 2.28. The normalized spacial score (nSPS) is 15.7. The number of amides is 1. The van der Waals surface area contributed by atoms with Crippen LogP contribution in [0.2, 0.25) is 0 Å². The Morgan fingerprint density at radius 2 is 1.90 bits per heavy atom. The lowest BCUT2D eigenvalue weighted by Gasteiger charge is -2.11. The summed E-state index contributed by atoms with van der Waals surface area (Å²) >= 11 is 0. The molecule has 0 bridgehead atoms. The Hall–Kier alpha value is -1.68. The van der Waals surface area contributed by atoms with E-state index in [9.17, 15) is 9.59 Å². The van der Waals surface area contributed by atoms with E-state index in [0.717, 1.165) is 5.56 Å². The highest BCUT2D eigenvalue weighted by molar-refractivity contribution is 5.97. The summed E-state index contributed by atoms with van der Waals surface area (Å²) in [6.45, 7) is 2.49. The molecule has 0 aromatic heterocycles. The standard InChI is InChI=1S/C16H22N2O2/c1-11-2-4-13(5-3-11)15(19)8-9-16(20)18-10-14(17)12-6-7-12/h2-5,12,14H,6-10,17H2,1H3,(H,18,20). The Morgan fingerprint density at radius 3 is 2.50 bits per heavy atom. The lowest BCUT2D eigenvalue weighted by atomic mass is 10.0. The van der Waals surface area contributed by atoms with Crippen molar-refractivity contribution in [3.63, 3.8) is 0 Å². The van der Waals surface area contributed by atoms with Crippen LogP contribution in [-0.2, 0) is 4.79 Å². The van der Waals surface area contributed by atoms with E-state index in [-0.39, 0.29) is 30.6 Å². The molecular weight excluding hydrogens is 252 g/mol. The van der Waals surface area contributed by atoms with Crippen molar-refractivity contribution in [2.45, 2.75) is 38.6 Å². The fraction of sp³-hybridized carbons (Fsp3) is 0.500. The highest BCUT2D eigenvalue weighted by Crippen LogP contribution is 2.31. The SMILES string of the molecule is Cc1ccc(C(=O)CCC(=O)NCC(N)C2CC2)cc1. The van der Waals surface area contributed by atoms with Crippen molar-refractivity contribution in [2.24, 2.45) is 11.7 Å². The summed E-state index contributed by atoms with van der Waals surface area (Å²) in [5, 5.41) is 2.80. The van der Waals surface area contributed by atoms with Crippen LogP contribution in [0.15, 0.2) is 24.3 Å². The molecule has 4 nitrogen and oxygen atoms in total. The quantitative estimate of drug-likeness (QED) is 0.745. The molecule has 1 saturated carbocycles. The second-order valence-corrected chi connectivity index (χ2v) is 5.59. The van der Waals surface area contributed by atoms with E-state index in [1.165, 1.54) is 12.8 Å². The minimum Gasteiger partial charge on any atom is -0.355 e. The van der Waals surface area contributed by atoms with Crippen LogP contribution in [0.1, 0.15) is 41.6 Å². The Labute approximate surface area is 119 Å². The Bertz CT molecular complexity index is 478. The first kappa shape index (κ1) is 14.7. The Kier molecular flexibility index (Phi) is 4.90. The molecule has 3 N–H and O–H groups in total. The van der Waals surface area contributed by atoms with Gasteiger partial charge >= 0.3 is 0 Å². The smallest absolute Gasteiger partial charge is 0.220 e. The molecule has 1 aliphatic carbocycles. The van der Waals surface area contributed by atoms with Crippen LogP contribution < -0.4 is 11.1 Å². The summed E-state index contributed by atoms with van der Waals surface area (Å²) < 4.78 is 0. The molecule has 0 heterocycles. The first-order valence-corrected chi connectivity index (χ1v) is 7.18. The number of ketones is 1. The van der Waals surface area contributed by atoms with Crippen LogP contribution in [0, 0.1) is 12.8 Å². The molecular formula is C16H22N2O2. The van der Waals surface area contributed by atoms with E-state index < -0.39 is 0 Å². The fourth-order valence-electron chi connectivity index (χ4n) is 2.12. The maximum Gasteiger partial charge on any atom is 0.220 e. The van der Waals surface area contributed by atoms with Crippen molar-refractivity contribution < 1.29 is 9.59 Å². The molecule has 0 aliphatic heterocycles. The number of aryl methyl sites for hydroxylation is 1. The first-order chi connectivity index (χ1) is 9.56. The average molecular weight is 274 g/mol. The summed E-state index contributed by atoms with van der Waals surface area (Å²) in [5.74, 6) is 0.484.